The van der Waals surface area contributed by atoms with Gasteiger partial charge in [0.25, 0.3) is 0 Å². The first kappa shape index (κ1) is 12.1. The molecule has 1 saturated heterocycles. The highest BCUT2D eigenvalue weighted by molar-refractivity contribution is 5.40. The van der Waals surface area contributed by atoms with Crippen molar-refractivity contribution >= 4 is 5.82 Å². The molecule has 2 N–H and O–H groups in total. The Labute approximate surface area is 111 Å². The Hall–Kier alpha value is -1.92. The molecule has 6 heteroatoms. The van der Waals surface area contributed by atoms with Gasteiger partial charge in [0.2, 0.25) is 0 Å². The molecule has 6 nitrogen and oxygen atoms in total. The maximum Gasteiger partial charge on any atom is 0.140 e. The molecule has 0 radical (unpaired) electrons. The van der Waals surface area contributed by atoms with Crippen LogP contribution in [0.5, 0.6) is 0 Å². The summed E-state index contributed by atoms with van der Waals surface area (Å²) < 4.78 is 7.04. The minimum absolute atomic E-state index is 0.376. The number of hydrogen-bond donors (Lipinski definition) is 2. The lowest BCUT2D eigenvalue weighted by Gasteiger charge is -2.21. The van der Waals surface area contributed by atoms with Crippen molar-refractivity contribution in [3.63, 3.8) is 0 Å². The molecule has 0 amide bonds. The van der Waals surface area contributed by atoms with Gasteiger partial charge in [0.15, 0.2) is 0 Å². The van der Waals surface area contributed by atoms with E-state index in [0.29, 0.717) is 26.2 Å². The Morgan fingerprint density at radius 3 is 3.16 bits per heavy atom. The highest BCUT2D eigenvalue weighted by Gasteiger charge is 2.31. The zero-order valence-corrected chi connectivity index (χ0v) is 10.5. The van der Waals surface area contributed by atoms with Gasteiger partial charge in [-0.05, 0) is 12.1 Å². The number of rotatable bonds is 4. The van der Waals surface area contributed by atoms with Crippen molar-refractivity contribution in [3.8, 4) is 5.82 Å². The number of ether oxygens (including phenoxy) is 1. The highest BCUT2D eigenvalue weighted by atomic mass is 16.5. The SMILES string of the molecule is OC1(CNc2cccc(-n3ccnc3)n2)CCOC1. The molecule has 19 heavy (non-hydrogen) atoms. The quantitative estimate of drug-likeness (QED) is 0.852. The van der Waals surface area contributed by atoms with Crippen LogP contribution in [0.3, 0.4) is 0 Å². The summed E-state index contributed by atoms with van der Waals surface area (Å²) in [4.78, 5) is 8.46. The van der Waals surface area contributed by atoms with Crippen molar-refractivity contribution in [2.75, 3.05) is 25.1 Å². The van der Waals surface area contributed by atoms with Crippen molar-refractivity contribution < 1.29 is 9.84 Å². The topological polar surface area (TPSA) is 72.2 Å². The van der Waals surface area contributed by atoms with Crippen molar-refractivity contribution in [1.29, 1.82) is 0 Å². The first-order valence-electron chi connectivity index (χ1n) is 6.25. The fourth-order valence-corrected chi connectivity index (χ4v) is 2.05. The predicted octanol–water partition coefficient (Wildman–Crippen LogP) is 0.831. The molecular weight excluding hydrogens is 244 g/mol. The summed E-state index contributed by atoms with van der Waals surface area (Å²) in [5.74, 6) is 1.52. The van der Waals surface area contributed by atoms with Crippen LogP contribution in [0, 0.1) is 0 Å². The number of imidazole rings is 1. The molecule has 1 unspecified atom stereocenters. The van der Waals surface area contributed by atoms with Gasteiger partial charge in [-0.1, -0.05) is 6.07 Å². The summed E-state index contributed by atoms with van der Waals surface area (Å²) in [7, 11) is 0. The van der Waals surface area contributed by atoms with E-state index in [4.69, 9.17) is 4.74 Å². The van der Waals surface area contributed by atoms with Crippen molar-refractivity contribution in [3.05, 3.63) is 36.9 Å². The standard InChI is InChI=1S/C13H16N4O2/c18-13(4-7-19-9-13)8-15-11-2-1-3-12(16-11)17-6-5-14-10-17/h1-3,5-6,10,18H,4,7-9H2,(H,15,16). The highest BCUT2D eigenvalue weighted by Crippen LogP contribution is 2.19. The number of hydrogen-bond acceptors (Lipinski definition) is 5. The Morgan fingerprint density at radius 1 is 1.47 bits per heavy atom. The maximum atomic E-state index is 10.2. The molecule has 2 aromatic rings. The molecule has 1 atom stereocenters. The smallest absolute Gasteiger partial charge is 0.140 e. The third-order valence-electron chi connectivity index (χ3n) is 3.18. The zero-order chi connectivity index (χ0) is 13.1. The Bertz CT molecular complexity index is 535. The van der Waals surface area contributed by atoms with Crippen LogP contribution in [0.25, 0.3) is 5.82 Å². The Kier molecular flexibility index (Phi) is 3.18. The van der Waals surface area contributed by atoms with Crippen LogP contribution in [0.1, 0.15) is 6.42 Å². The number of pyridine rings is 1. The van der Waals surface area contributed by atoms with Crippen molar-refractivity contribution in [1.82, 2.24) is 14.5 Å². The third kappa shape index (κ3) is 2.74. The first-order chi connectivity index (χ1) is 9.25. The lowest BCUT2D eigenvalue weighted by molar-refractivity contribution is 0.0381. The zero-order valence-electron chi connectivity index (χ0n) is 10.5. The number of aromatic nitrogens is 3. The minimum Gasteiger partial charge on any atom is -0.386 e. The van der Waals surface area contributed by atoms with Crippen LogP contribution in [0.15, 0.2) is 36.9 Å². The fourth-order valence-electron chi connectivity index (χ4n) is 2.05. The van der Waals surface area contributed by atoms with E-state index < -0.39 is 5.60 Å². The molecule has 0 aromatic carbocycles. The van der Waals surface area contributed by atoms with E-state index in [9.17, 15) is 5.11 Å². The number of anilines is 1. The van der Waals surface area contributed by atoms with E-state index in [0.717, 1.165) is 11.6 Å². The minimum atomic E-state index is -0.785. The van der Waals surface area contributed by atoms with Gasteiger partial charge in [-0.2, -0.15) is 0 Å². The fraction of sp³-hybridized carbons (Fsp3) is 0.385. The van der Waals surface area contributed by atoms with E-state index in [1.54, 1.807) is 12.5 Å². The van der Waals surface area contributed by atoms with Crippen LogP contribution >= 0.6 is 0 Å². The second-order valence-corrected chi connectivity index (χ2v) is 4.73. The van der Waals surface area contributed by atoms with Gasteiger partial charge in [0, 0.05) is 32.0 Å². The van der Waals surface area contributed by atoms with Gasteiger partial charge in [0.1, 0.15) is 23.6 Å². The van der Waals surface area contributed by atoms with Crippen LogP contribution < -0.4 is 5.32 Å². The maximum absolute atomic E-state index is 10.2. The normalized spacial score (nSPS) is 22.6. The van der Waals surface area contributed by atoms with Gasteiger partial charge >= 0.3 is 0 Å². The summed E-state index contributed by atoms with van der Waals surface area (Å²) >= 11 is 0. The van der Waals surface area contributed by atoms with E-state index >= 15 is 0 Å². The number of aliphatic hydroxyl groups is 1. The molecule has 0 bridgehead atoms. The summed E-state index contributed by atoms with van der Waals surface area (Å²) in [5.41, 5.74) is -0.785. The Balaban J connectivity index is 1.70. The Morgan fingerprint density at radius 2 is 2.42 bits per heavy atom. The van der Waals surface area contributed by atoms with Crippen LogP contribution in [0.4, 0.5) is 5.82 Å². The van der Waals surface area contributed by atoms with Crippen LogP contribution in [-0.2, 0) is 4.74 Å². The first-order valence-corrected chi connectivity index (χ1v) is 6.25. The van der Waals surface area contributed by atoms with Crippen molar-refractivity contribution in [2.24, 2.45) is 0 Å². The molecule has 100 valence electrons. The van der Waals surface area contributed by atoms with Crippen molar-refractivity contribution in [2.45, 2.75) is 12.0 Å². The summed E-state index contributed by atoms with van der Waals surface area (Å²) in [6, 6.07) is 5.69. The number of nitrogens with one attached hydrogen (secondary N) is 1. The summed E-state index contributed by atoms with van der Waals surface area (Å²) in [6.45, 7) is 1.43. The largest absolute Gasteiger partial charge is 0.386 e. The molecule has 1 aliphatic rings. The average molecular weight is 260 g/mol. The summed E-state index contributed by atoms with van der Waals surface area (Å²) in [5, 5.41) is 13.3. The monoisotopic (exact) mass is 260 g/mol. The molecule has 0 spiro atoms. The van der Waals surface area contributed by atoms with E-state index in [-0.39, 0.29) is 0 Å². The molecule has 3 heterocycles. The molecule has 2 aromatic heterocycles. The molecule has 1 fully saturated rings. The molecule has 0 saturated carbocycles. The number of nitrogens with zero attached hydrogens (tertiary/aromatic N) is 3. The lowest BCUT2D eigenvalue weighted by atomic mass is 10.0. The van der Waals surface area contributed by atoms with Gasteiger partial charge in [0.05, 0.1) is 6.61 Å². The second-order valence-electron chi connectivity index (χ2n) is 4.73. The van der Waals surface area contributed by atoms with E-state index in [1.165, 1.54) is 0 Å². The van der Waals surface area contributed by atoms with Gasteiger partial charge in [-0.25, -0.2) is 9.97 Å². The molecule has 0 aliphatic carbocycles. The van der Waals surface area contributed by atoms with Crippen LogP contribution in [-0.4, -0.2) is 45.0 Å². The third-order valence-corrected chi connectivity index (χ3v) is 3.18. The van der Waals surface area contributed by atoms with Gasteiger partial charge in [-0.15, -0.1) is 0 Å². The van der Waals surface area contributed by atoms with Gasteiger partial charge in [-0.3, -0.25) is 4.57 Å². The predicted molar refractivity (Wildman–Crippen MR) is 70.2 cm³/mol. The average Bonchev–Trinajstić information content (AvgIpc) is 3.09. The van der Waals surface area contributed by atoms with Crippen LogP contribution in [0.2, 0.25) is 0 Å². The molecule has 3 rings (SSSR count). The second kappa shape index (κ2) is 4.99. The van der Waals surface area contributed by atoms with Gasteiger partial charge < -0.3 is 15.2 Å². The summed E-state index contributed by atoms with van der Waals surface area (Å²) in [6.07, 6.45) is 5.90. The van der Waals surface area contributed by atoms with E-state index in [1.807, 2.05) is 29.0 Å². The molecular formula is C13H16N4O2. The lowest BCUT2D eigenvalue weighted by Crippen LogP contribution is -2.37. The molecule has 1 aliphatic heterocycles. The van der Waals surface area contributed by atoms with E-state index in [2.05, 4.69) is 15.3 Å².